The highest BCUT2D eigenvalue weighted by Gasteiger charge is 2.15. The zero-order valence-corrected chi connectivity index (χ0v) is 11.1. The molecule has 0 fully saturated rings. The molecule has 0 bridgehead atoms. The molecule has 5 heteroatoms. The lowest BCUT2D eigenvalue weighted by Crippen LogP contribution is -1.98. The Labute approximate surface area is 108 Å². The first-order valence-corrected chi connectivity index (χ1v) is 6.05. The van der Waals surface area contributed by atoms with Gasteiger partial charge in [0.05, 0.1) is 4.47 Å². The number of hydrogen-bond donors (Lipinski definition) is 1. The van der Waals surface area contributed by atoms with Crippen molar-refractivity contribution in [2.75, 3.05) is 0 Å². The molecule has 1 heterocycles. The summed E-state index contributed by atoms with van der Waals surface area (Å²) in [6, 6.07) is 7.68. The van der Waals surface area contributed by atoms with Crippen molar-refractivity contribution < 1.29 is 13.9 Å². The Balaban J connectivity index is 2.33. The highest BCUT2D eigenvalue weighted by Crippen LogP contribution is 2.28. The summed E-state index contributed by atoms with van der Waals surface area (Å²) in [7, 11) is 0. The zero-order chi connectivity index (χ0) is 11.7. The zero-order valence-electron chi connectivity index (χ0n) is 7.95. The van der Waals surface area contributed by atoms with Crippen molar-refractivity contribution >= 4 is 31.9 Å². The number of benzene rings is 1. The van der Waals surface area contributed by atoms with E-state index in [4.69, 9.17) is 4.42 Å². The number of aliphatic hydroxyl groups is 1. The average Bonchev–Trinajstić information content (AvgIpc) is 2.68. The van der Waals surface area contributed by atoms with Gasteiger partial charge in [0, 0.05) is 0 Å². The molecular weight excluding hydrogens is 343 g/mol. The Morgan fingerprint density at radius 1 is 1.19 bits per heavy atom. The van der Waals surface area contributed by atoms with Crippen LogP contribution in [0.1, 0.15) is 17.4 Å². The van der Waals surface area contributed by atoms with Crippen LogP contribution in [-0.2, 0) is 0 Å². The van der Waals surface area contributed by atoms with Crippen LogP contribution in [0.5, 0.6) is 0 Å². The van der Waals surface area contributed by atoms with Gasteiger partial charge in [-0.05, 0) is 61.7 Å². The molecule has 0 amide bonds. The van der Waals surface area contributed by atoms with Crippen molar-refractivity contribution in [3.8, 4) is 0 Å². The smallest absolute Gasteiger partial charge is 0.169 e. The minimum atomic E-state index is -0.900. The van der Waals surface area contributed by atoms with E-state index >= 15 is 0 Å². The molecule has 0 saturated heterocycles. The maximum absolute atomic E-state index is 13.0. The Morgan fingerprint density at radius 3 is 2.50 bits per heavy atom. The van der Waals surface area contributed by atoms with E-state index in [1.807, 2.05) is 0 Å². The van der Waals surface area contributed by atoms with Crippen molar-refractivity contribution in [1.29, 1.82) is 0 Å². The van der Waals surface area contributed by atoms with Gasteiger partial charge >= 0.3 is 0 Å². The summed E-state index contributed by atoms with van der Waals surface area (Å²) in [5.74, 6) is 0.0435. The summed E-state index contributed by atoms with van der Waals surface area (Å²) in [4.78, 5) is 0. The van der Waals surface area contributed by atoms with Crippen molar-refractivity contribution in [3.05, 3.63) is 56.6 Å². The van der Waals surface area contributed by atoms with E-state index < -0.39 is 6.10 Å². The first kappa shape index (κ1) is 11.8. The molecule has 0 aliphatic heterocycles. The van der Waals surface area contributed by atoms with E-state index in [-0.39, 0.29) is 5.82 Å². The first-order valence-electron chi connectivity index (χ1n) is 4.46. The summed E-state index contributed by atoms with van der Waals surface area (Å²) in [5.41, 5.74) is 0.565. The van der Waals surface area contributed by atoms with Crippen LogP contribution in [0.15, 0.2) is 43.9 Å². The molecule has 2 aromatic rings. The number of furan rings is 1. The lowest BCUT2D eigenvalue weighted by Gasteiger charge is -2.08. The minimum absolute atomic E-state index is 0.315. The second kappa shape index (κ2) is 4.69. The van der Waals surface area contributed by atoms with Gasteiger partial charge in [0.1, 0.15) is 17.7 Å². The molecule has 2 rings (SSSR count). The molecular formula is C11H7Br2FO2. The second-order valence-corrected chi connectivity index (χ2v) is 4.85. The fourth-order valence-electron chi connectivity index (χ4n) is 1.32. The van der Waals surface area contributed by atoms with Crippen LogP contribution in [0.25, 0.3) is 0 Å². The minimum Gasteiger partial charge on any atom is -0.451 e. The Morgan fingerprint density at radius 2 is 1.94 bits per heavy atom. The molecule has 84 valence electrons. The van der Waals surface area contributed by atoms with Gasteiger partial charge in [-0.15, -0.1) is 0 Å². The summed E-state index contributed by atoms with van der Waals surface area (Å²) in [5, 5.41) is 9.96. The van der Waals surface area contributed by atoms with E-state index in [1.54, 1.807) is 12.1 Å². The predicted molar refractivity (Wildman–Crippen MR) is 64.6 cm³/mol. The van der Waals surface area contributed by atoms with E-state index in [9.17, 15) is 9.50 Å². The number of aliphatic hydroxyl groups excluding tert-OH is 1. The predicted octanol–water partition coefficient (Wildman–Crippen LogP) is 4.03. The van der Waals surface area contributed by atoms with Crippen LogP contribution in [0.3, 0.4) is 0 Å². The molecule has 1 unspecified atom stereocenters. The topological polar surface area (TPSA) is 33.4 Å². The summed E-state index contributed by atoms with van der Waals surface area (Å²) < 4.78 is 19.1. The third-order valence-corrected chi connectivity index (χ3v) is 3.16. The van der Waals surface area contributed by atoms with E-state index in [2.05, 4.69) is 31.9 Å². The van der Waals surface area contributed by atoms with E-state index in [0.29, 0.717) is 20.5 Å². The summed E-state index contributed by atoms with van der Waals surface area (Å²) >= 11 is 6.22. The van der Waals surface area contributed by atoms with Gasteiger partial charge in [-0.25, -0.2) is 4.39 Å². The first-order chi connectivity index (χ1) is 7.58. The van der Waals surface area contributed by atoms with Crippen molar-refractivity contribution in [1.82, 2.24) is 0 Å². The van der Waals surface area contributed by atoms with E-state index in [1.165, 1.54) is 18.2 Å². The third kappa shape index (κ3) is 2.36. The standard InChI is InChI=1S/C11H7Br2FO2/c12-7-5-6(1-2-8(7)14)11(15)9-3-4-10(13)16-9/h1-5,11,15H. The number of hydrogen-bond acceptors (Lipinski definition) is 2. The highest BCUT2D eigenvalue weighted by molar-refractivity contribution is 9.10. The molecule has 0 aliphatic carbocycles. The van der Waals surface area contributed by atoms with Crippen LogP contribution < -0.4 is 0 Å². The van der Waals surface area contributed by atoms with Crippen LogP contribution >= 0.6 is 31.9 Å². The Hall–Kier alpha value is -0.650. The number of halogens is 3. The Kier molecular flexibility index (Phi) is 3.47. The second-order valence-electron chi connectivity index (χ2n) is 3.22. The van der Waals surface area contributed by atoms with Crippen LogP contribution in [0.4, 0.5) is 4.39 Å². The van der Waals surface area contributed by atoms with Crippen LogP contribution in [-0.4, -0.2) is 5.11 Å². The number of rotatable bonds is 2. The van der Waals surface area contributed by atoms with E-state index in [0.717, 1.165) is 0 Å². The lowest BCUT2D eigenvalue weighted by atomic mass is 10.1. The maximum atomic E-state index is 13.0. The normalized spacial score (nSPS) is 12.8. The Bertz CT molecular complexity index is 510. The fraction of sp³-hybridized carbons (Fsp3) is 0.0909. The molecule has 16 heavy (non-hydrogen) atoms. The van der Waals surface area contributed by atoms with Gasteiger partial charge in [-0.3, -0.25) is 0 Å². The summed E-state index contributed by atoms with van der Waals surface area (Å²) in [6.45, 7) is 0. The molecule has 0 spiro atoms. The monoisotopic (exact) mass is 348 g/mol. The maximum Gasteiger partial charge on any atom is 0.169 e. The molecule has 1 aromatic heterocycles. The van der Waals surface area contributed by atoms with Crippen molar-refractivity contribution in [2.24, 2.45) is 0 Å². The lowest BCUT2D eigenvalue weighted by molar-refractivity contribution is 0.187. The fourth-order valence-corrected chi connectivity index (χ4v) is 2.04. The van der Waals surface area contributed by atoms with Crippen LogP contribution in [0.2, 0.25) is 0 Å². The van der Waals surface area contributed by atoms with Gasteiger partial charge in [0.15, 0.2) is 4.67 Å². The largest absolute Gasteiger partial charge is 0.451 e. The molecule has 1 aromatic carbocycles. The highest BCUT2D eigenvalue weighted by atomic mass is 79.9. The molecule has 2 nitrogen and oxygen atoms in total. The molecule has 0 radical (unpaired) electrons. The van der Waals surface area contributed by atoms with Crippen molar-refractivity contribution in [3.63, 3.8) is 0 Å². The molecule has 0 aliphatic rings. The van der Waals surface area contributed by atoms with Crippen LogP contribution in [0, 0.1) is 5.82 Å². The van der Waals surface area contributed by atoms with Crippen molar-refractivity contribution in [2.45, 2.75) is 6.10 Å². The molecule has 1 N–H and O–H groups in total. The summed E-state index contributed by atoms with van der Waals surface area (Å²) in [6.07, 6.45) is -0.900. The van der Waals surface area contributed by atoms with Gasteiger partial charge in [0.25, 0.3) is 0 Å². The molecule has 0 saturated carbocycles. The SMILES string of the molecule is OC(c1ccc(F)c(Br)c1)c1ccc(Br)o1. The average molecular weight is 350 g/mol. The van der Waals surface area contributed by atoms with Gasteiger partial charge in [0.2, 0.25) is 0 Å². The third-order valence-electron chi connectivity index (χ3n) is 2.12. The quantitative estimate of drug-likeness (QED) is 0.888. The van der Waals surface area contributed by atoms with Gasteiger partial charge in [-0.1, -0.05) is 6.07 Å². The van der Waals surface area contributed by atoms with Gasteiger partial charge in [-0.2, -0.15) is 0 Å². The van der Waals surface area contributed by atoms with Gasteiger partial charge < -0.3 is 9.52 Å². The molecule has 1 atom stereocenters.